The van der Waals surface area contributed by atoms with Crippen molar-refractivity contribution in [2.75, 3.05) is 14.1 Å². The normalized spacial score (nSPS) is 13.6. The summed E-state index contributed by atoms with van der Waals surface area (Å²) < 4.78 is 24.0. The van der Waals surface area contributed by atoms with Crippen molar-refractivity contribution in [2.24, 2.45) is 0 Å². The molecule has 1 aliphatic carbocycles. The highest BCUT2D eigenvalue weighted by Gasteiger charge is 2.25. The minimum atomic E-state index is -0.383. The Morgan fingerprint density at radius 1 is 0.976 bits per heavy atom. The molecule has 0 saturated heterocycles. The van der Waals surface area contributed by atoms with Gasteiger partial charge in [-0.3, -0.25) is 4.79 Å². The van der Waals surface area contributed by atoms with E-state index in [2.05, 4.69) is 10.6 Å². The van der Waals surface area contributed by atoms with E-state index in [1.807, 2.05) is 54.6 Å². The van der Waals surface area contributed by atoms with E-state index in [0.717, 1.165) is 40.6 Å². The van der Waals surface area contributed by atoms with E-state index in [1.165, 1.54) is 23.8 Å². The molecule has 1 aliphatic rings. The number of nitrogens with zero attached hydrogens (tertiary/aromatic N) is 3. The number of amides is 1. The fourth-order valence-corrected chi connectivity index (χ4v) is 5.84. The molecule has 208 valence electrons. The maximum absolute atomic E-state index is 15.7. The molecule has 5 nitrogen and oxygen atoms in total. The largest absolute Gasteiger partial charge is 0.489 e. The third-order valence-electron chi connectivity index (χ3n) is 7.78. The van der Waals surface area contributed by atoms with Crippen LogP contribution < -0.4 is 4.74 Å². The van der Waals surface area contributed by atoms with Crippen LogP contribution in [0.3, 0.4) is 0 Å². The second kappa shape index (κ2) is 11.4. The fraction of sp³-hybridized carbons (Fsp3) is 0.235. The number of hydrogen-bond donors (Lipinski definition) is 0. The quantitative estimate of drug-likeness (QED) is 0.198. The molecule has 0 atom stereocenters. The molecule has 1 amide bonds. The van der Waals surface area contributed by atoms with E-state index in [-0.39, 0.29) is 18.3 Å². The SMILES string of the molecule is CN(C)C(=O)c1ccc(-c2ccc(Cl)cc2)c(COc2ccc(-c3nc4ccccc4n3C3CCCC3)c(F)c2)c1. The predicted molar refractivity (Wildman–Crippen MR) is 162 cm³/mol. The van der Waals surface area contributed by atoms with Gasteiger partial charge in [0.15, 0.2) is 0 Å². The van der Waals surface area contributed by atoms with Gasteiger partial charge in [0, 0.05) is 36.8 Å². The molecule has 0 unspecified atom stereocenters. The van der Waals surface area contributed by atoms with Crippen LogP contribution in [0, 0.1) is 5.82 Å². The maximum atomic E-state index is 15.7. The number of rotatable bonds is 7. The summed E-state index contributed by atoms with van der Waals surface area (Å²) in [6.45, 7) is 0.159. The molecule has 0 spiro atoms. The van der Waals surface area contributed by atoms with Gasteiger partial charge in [-0.1, -0.05) is 54.8 Å². The van der Waals surface area contributed by atoms with Crippen molar-refractivity contribution in [3.63, 3.8) is 0 Å². The highest BCUT2D eigenvalue weighted by molar-refractivity contribution is 6.30. The topological polar surface area (TPSA) is 47.4 Å². The number of imidazole rings is 1. The van der Waals surface area contributed by atoms with Gasteiger partial charge in [0.05, 0.1) is 16.6 Å². The van der Waals surface area contributed by atoms with E-state index in [9.17, 15) is 4.79 Å². The van der Waals surface area contributed by atoms with Gasteiger partial charge in [-0.25, -0.2) is 9.37 Å². The van der Waals surface area contributed by atoms with Gasteiger partial charge in [-0.05, 0) is 78.1 Å². The molecule has 1 saturated carbocycles. The van der Waals surface area contributed by atoms with Crippen LogP contribution in [-0.2, 0) is 6.61 Å². The van der Waals surface area contributed by atoms with Gasteiger partial charge in [0.1, 0.15) is 24.0 Å². The Bertz CT molecular complexity index is 1720. The molecule has 41 heavy (non-hydrogen) atoms. The van der Waals surface area contributed by atoms with Crippen LogP contribution in [0.1, 0.15) is 47.6 Å². The average molecular weight is 568 g/mol. The van der Waals surface area contributed by atoms with Gasteiger partial charge in [-0.15, -0.1) is 0 Å². The first-order valence-electron chi connectivity index (χ1n) is 13.9. The molecule has 1 aromatic heterocycles. The van der Waals surface area contributed by atoms with Crippen LogP contribution >= 0.6 is 11.6 Å². The first-order chi connectivity index (χ1) is 19.9. The number of carbonyl (C=O) groups excluding carboxylic acids is 1. The average Bonchev–Trinajstić information content (AvgIpc) is 3.64. The summed E-state index contributed by atoms with van der Waals surface area (Å²) in [6, 6.07) is 26.4. The lowest BCUT2D eigenvalue weighted by atomic mass is 9.97. The van der Waals surface area contributed by atoms with Crippen molar-refractivity contribution in [3.8, 4) is 28.3 Å². The predicted octanol–water partition coefficient (Wildman–Crippen LogP) is 8.56. The highest BCUT2D eigenvalue weighted by Crippen LogP contribution is 2.38. The van der Waals surface area contributed by atoms with Crippen molar-refractivity contribution >= 4 is 28.5 Å². The molecule has 1 heterocycles. The minimum Gasteiger partial charge on any atom is -0.489 e. The Balaban J connectivity index is 1.31. The fourth-order valence-electron chi connectivity index (χ4n) is 5.71. The van der Waals surface area contributed by atoms with Crippen molar-refractivity contribution in [3.05, 3.63) is 107 Å². The molecular weight excluding hydrogens is 537 g/mol. The van der Waals surface area contributed by atoms with Crippen molar-refractivity contribution in [1.82, 2.24) is 14.5 Å². The summed E-state index contributed by atoms with van der Waals surface area (Å²) in [6.07, 6.45) is 4.49. The lowest BCUT2D eigenvalue weighted by Gasteiger charge is -2.17. The molecule has 7 heteroatoms. The molecular formula is C34H31ClFN3O2. The van der Waals surface area contributed by atoms with E-state index >= 15 is 4.39 Å². The van der Waals surface area contributed by atoms with E-state index in [0.29, 0.717) is 33.8 Å². The van der Waals surface area contributed by atoms with Crippen LogP contribution in [0.25, 0.3) is 33.5 Å². The molecule has 6 rings (SSSR count). The Morgan fingerprint density at radius 2 is 1.71 bits per heavy atom. The Hall–Kier alpha value is -4.16. The maximum Gasteiger partial charge on any atom is 0.253 e. The molecule has 0 aliphatic heterocycles. The third-order valence-corrected chi connectivity index (χ3v) is 8.03. The van der Waals surface area contributed by atoms with Crippen LogP contribution in [0.2, 0.25) is 5.02 Å². The highest BCUT2D eigenvalue weighted by atomic mass is 35.5. The summed E-state index contributed by atoms with van der Waals surface area (Å²) >= 11 is 6.11. The van der Waals surface area contributed by atoms with Gasteiger partial charge in [-0.2, -0.15) is 0 Å². The van der Waals surface area contributed by atoms with Crippen LogP contribution in [0.4, 0.5) is 4.39 Å². The summed E-state index contributed by atoms with van der Waals surface area (Å²) in [5.74, 6) is 0.573. The van der Waals surface area contributed by atoms with Crippen molar-refractivity contribution in [2.45, 2.75) is 38.3 Å². The van der Waals surface area contributed by atoms with Gasteiger partial charge >= 0.3 is 0 Å². The number of carbonyl (C=O) groups is 1. The number of para-hydroxylation sites is 2. The molecule has 1 fully saturated rings. The lowest BCUT2D eigenvalue weighted by molar-refractivity contribution is 0.0827. The van der Waals surface area contributed by atoms with E-state index < -0.39 is 0 Å². The summed E-state index contributed by atoms with van der Waals surface area (Å²) in [7, 11) is 3.44. The molecule has 5 aromatic rings. The van der Waals surface area contributed by atoms with Crippen LogP contribution in [0.15, 0.2) is 84.9 Å². The zero-order valence-corrected chi connectivity index (χ0v) is 23.9. The molecule has 0 radical (unpaired) electrons. The Morgan fingerprint density at radius 3 is 2.44 bits per heavy atom. The van der Waals surface area contributed by atoms with Gasteiger partial charge in [0.25, 0.3) is 5.91 Å². The number of aromatic nitrogens is 2. The van der Waals surface area contributed by atoms with Gasteiger partial charge < -0.3 is 14.2 Å². The number of fused-ring (bicyclic) bond motifs is 1. The summed E-state index contributed by atoms with van der Waals surface area (Å²) in [4.78, 5) is 19.1. The molecule has 0 N–H and O–H groups in total. The minimum absolute atomic E-state index is 0.102. The smallest absolute Gasteiger partial charge is 0.253 e. The van der Waals surface area contributed by atoms with E-state index in [4.69, 9.17) is 21.3 Å². The number of ether oxygens (including phenoxy) is 1. The van der Waals surface area contributed by atoms with Gasteiger partial charge in [0.2, 0.25) is 0 Å². The van der Waals surface area contributed by atoms with Crippen molar-refractivity contribution < 1.29 is 13.9 Å². The summed E-state index contributed by atoms with van der Waals surface area (Å²) in [5.41, 5.74) is 5.60. The third kappa shape index (κ3) is 5.44. The first kappa shape index (κ1) is 27.0. The molecule has 4 aromatic carbocycles. The lowest BCUT2D eigenvalue weighted by Crippen LogP contribution is -2.21. The van der Waals surface area contributed by atoms with Crippen LogP contribution in [0.5, 0.6) is 5.75 Å². The number of halogens is 2. The summed E-state index contributed by atoms with van der Waals surface area (Å²) in [5, 5.41) is 0.642. The number of hydrogen-bond acceptors (Lipinski definition) is 3. The monoisotopic (exact) mass is 567 g/mol. The van der Waals surface area contributed by atoms with Crippen molar-refractivity contribution in [1.29, 1.82) is 0 Å². The first-order valence-corrected chi connectivity index (χ1v) is 14.3. The second-order valence-electron chi connectivity index (χ2n) is 10.7. The second-order valence-corrected chi connectivity index (χ2v) is 11.2. The van der Waals surface area contributed by atoms with Crippen LogP contribution in [-0.4, -0.2) is 34.5 Å². The molecule has 0 bridgehead atoms. The number of benzene rings is 4. The zero-order chi connectivity index (χ0) is 28.5. The zero-order valence-electron chi connectivity index (χ0n) is 23.1. The van der Waals surface area contributed by atoms with E-state index in [1.54, 1.807) is 32.3 Å². The Labute approximate surface area is 244 Å². The Kier molecular flexibility index (Phi) is 7.50. The standard InChI is InChI=1S/C34H31ClFN3O2/c1-38(2)34(40)23-13-17-28(22-11-14-25(35)15-12-22)24(19-23)21-41-27-16-18-29(30(36)20-27)33-37-31-9-5-6-10-32(31)39(33)26-7-3-4-8-26/h5-6,9-20,26H,3-4,7-8,21H2,1-2H3.